The monoisotopic (exact) mass is 489 g/mol. The van der Waals surface area contributed by atoms with Crippen LogP contribution in [0.15, 0.2) is 84.9 Å². The average molecular weight is 490 g/mol. The molecule has 1 atom stereocenters. The van der Waals surface area contributed by atoms with Crippen LogP contribution in [0.1, 0.15) is 56.3 Å². The Balaban J connectivity index is 1.81. The summed E-state index contributed by atoms with van der Waals surface area (Å²) in [6.45, 7) is 6.04. The van der Waals surface area contributed by atoms with Gasteiger partial charge in [0.25, 0.3) is 0 Å². The first-order valence-corrected chi connectivity index (χ1v) is 12.5. The minimum atomic E-state index is -1.35. The number of likely N-dealkylation sites (tertiary alicyclic amines) is 1. The fourth-order valence-electron chi connectivity index (χ4n) is 4.87. The Morgan fingerprint density at radius 1 is 0.943 bits per heavy atom. The summed E-state index contributed by atoms with van der Waals surface area (Å²) in [5.41, 5.74) is 0.713. The molecule has 0 spiro atoms. The molecule has 3 aromatic rings. The van der Waals surface area contributed by atoms with Crippen LogP contribution >= 0.6 is 11.6 Å². The third kappa shape index (κ3) is 5.43. The number of halogens is 1. The topological polar surface area (TPSA) is 46.6 Å². The van der Waals surface area contributed by atoms with E-state index in [2.05, 4.69) is 0 Å². The van der Waals surface area contributed by atoms with Crippen molar-refractivity contribution in [3.8, 4) is 0 Å². The summed E-state index contributed by atoms with van der Waals surface area (Å²) in [7, 11) is 0. The van der Waals surface area contributed by atoms with Crippen LogP contribution in [-0.2, 0) is 20.7 Å². The second-order valence-corrected chi connectivity index (χ2v) is 10.6. The van der Waals surface area contributed by atoms with Crippen molar-refractivity contribution in [1.29, 1.82) is 0 Å². The molecule has 0 saturated carbocycles. The summed E-state index contributed by atoms with van der Waals surface area (Å²) >= 11 is 6.50. The number of benzene rings is 3. The molecule has 1 fully saturated rings. The maximum Gasteiger partial charge on any atom is 0.322 e. The Bertz CT molecular complexity index is 1130. The summed E-state index contributed by atoms with van der Waals surface area (Å²) in [5, 5.41) is 0.544. The lowest BCUT2D eigenvalue weighted by molar-refractivity contribution is -0.178. The van der Waals surface area contributed by atoms with Crippen molar-refractivity contribution in [2.24, 2.45) is 5.41 Å². The lowest BCUT2D eigenvalue weighted by atomic mass is 9.73. The van der Waals surface area contributed by atoms with E-state index in [1.165, 1.54) is 0 Å². The van der Waals surface area contributed by atoms with Gasteiger partial charge in [-0.2, -0.15) is 0 Å². The highest BCUT2D eigenvalue weighted by Crippen LogP contribution is 2.43. The SMILES string of the molecule is CC(C)(C)OC(=O)C1(Cc2ccccc2Cl)CCCN(C(c2ccccc2)c2ccccc2)C1=O. The van der Waals surface area contributed by atoms with Crippen molar-refractivity contribution < 1.29 is 14.3 Å². The molecule has 0 aliphatic carbocycles. The number of nitrogens with zero attached hydrogens (tertiary/aromatic N) is 1. The predicted octanol–water partition coefficient (Wildman–Crippen LogP) is 6.62. The normalized spacial score (nSPS) is 18.5. The van der Waals surface area contributed by atoms with E-state index in [-0.39, 0.29) is 18.4 Å². The molecule has 1 heterocycles. The maximum atomic E-state index is 14.5. The molecule has 182 valence electrons. The number of ether oxygens (including phenoxy) is 1. The largest absolute Gasteiger partial charge is 0.459 e. The Labute approximate surface area is 212 Å². The zero-order chi connectivity index (χ0) is 25.1. The number of rotatable bonds is 6. The van der Waals surface area contributed by atoms with Gasteiger partial charge in [0.05, 0.1) is 6.04 Å². The smallest absolute Gasteiger partial charge is 0.322 e. The van der Waals surface area contributed by atoms with E-state index < -0.39 is 17.0 Å². The van der Waals surface area contributed by atoms with Gasteiger partial charge in [-0.25, -0.2) is 0 Å². The van der Waals surface area contributed by atoms with Crippen LogP contribution in [0, 0.1) is 5.41 Å². The van der Waals surface area contributed by atoms with Gasteiger partial charge in [0.2, 0.25) is 5.91 Å². The molecule has 0 N–H and O–H groups in total. The zero-order valence-corrected chi connectivity index (χ0v) is 21.3. The van der Waals surface area contributed by atoms with Crippen LogP contribution in [-0.4, -0.2) is 28.9 Å². The van der Waals surface area contributed by atoms with Crippen molar-refractivity contribution in [1.82, 2.24) is 4.90 Å². The molecule has 0 bridgehead atoms. The lowest BCUT2D eigenvalue weighted by Gasteiger charge is -2.44. The van der Waals surface area contributed by atoms with Crippen LogP contribution in [0.5, 0.6) is 0 Å². The molecule has 1 aliphatic rings. The van der Waals surface area contributed by atoms with E-state index in [4.69, 9.17) is 16.3 Å². The highest BCUT2D eigenvalue weighted by atomic mass is 35.5. The first kappa shape index (κ1) is 25.0. The molecule has 1 unspecified atom stereocenters. The quantitative estimate of drug-likeness (QED) is 0.288. The molecular weight excluding hydrogens is 458 g/mol. The summed E-state index contributed by atoms with van der Waals surface area (Å²) in [6.07, 6.45) is 1.30. The van der Waals surface area contributed by atoms with Gasteiger partial charge in [-0.3, -0.25) is 9.59 Å². The molecule has 1 aliphatic heterocycles. The number of carbonyl (C=O) groups excluding carboxylic acids is 2. The van der Waals surface area contributed by atoms with Crippen molar-refractivity contribution in [2.75, 3.05) is 6.54 Å². The zero-order valence-electron chi connectivity index (χ0n) is 20.5. The summed E-state index contributed by atoms with van der Waals surface area (Å²) < 4.78 is 5.87. The van der Waals surface area contributed by atoms with Gasteiger partial charge in [0.15, 0.2) is 5.41 Å². The second kappa shape index (κ2) is 10.2. The Kier molecular flexibility index (Phi) is 7.32. The van der Waals surface area contributed by atoms with E-state index >= 15 is 0 Å². The van der Waals surface area contributed by atoms with E-state index in [1.807, 2.05) is 105 Å². The van der Waals surface area contributed by atoms with Crippen molar-refractivity contribution in [3.05, 3.63) is 107 Å². The van der Waals surface area contributed by atoms with E-state index in [0.717, 1.165) is 16.7 Å². The fourth-order valence-corrected chi connectivity index (χ4v) is 5.07. The standard InChI is InChI=1S/C30H32ClNO3/c1-29(2,3)35-28(34)30(21-24-17-10-11-18-25(24)31)19-12-20-32(27(30)33)26(22-13-6-4-7-14-22)23-15-8-5-9-16-23/h4-11,13-18,26H,12,19-21H2,1-3H3. The lowest BCUT2D eigenvalue weighted by Crippen LogP contribution is -2.56. The molecule has 4 rings (SSSR count). The highest BCUT2D eigenvalue weighted by Gasteiger charge is 2.53. The van der Waals surface area contributed by atoms with E-state index in [0.29, 0.717) is 24.4 Å². The number of carbonyl (C=O) groups is 2. The summed E-state index contributed by atoms with van der Waals surface area (Å²) in [5.74, 6) is -0.699. The Hall–Kier alpha value is -3.11. The van der Waals surface area contributed by atoms with Gasteiger partial charge >= 0.3 is 5.97 Å². The minimum absolute atomic E-state index is 0.202. The average Bonchev–Trinajstić information content (AvgIpc) is 2.83. The van der Waals surface area contributed by atoms with Gasteiger partial charge in [-0.05, 0) is 62.8 Å². The van der Waals surface area contributed by atoms with Crippen molar-refractivity contribution in [2.45, 2.75) is 51.7 Å². The van der Waals surface area contributed by atoms with Crippen molar-refractivity contribution >= 4 is 23.5 Å². The number of hydrogen-bond donors (Lipinski definition) is 0. The van der Waals surface area contributed by atoms with E-state index in [1.54, 1.807) is 6.07 Å². The van der Waals surface area contributed by atoms with Gasteiger partial charge in [0, 0.05) is 11.6 Å². The molecule has 1 amide bonds. The second-order valence-electron chi connectivity index (χ2n) is 10.2. The predicted molar refractivity (Wildman–Crippen MR) is 139 cm³/mol. The molecule has 35 heavy (non-hydrogen) atoms. The Morgan fingerprint density at radius 3 is 2.03 bits per heavy atom. The summed E-state index contributed by atoms with van der Waals surface area (Å²) in [6, 6.07) is 27.1. The van der Waals surface area contributed by atoms with Crippen LogP contribution in [0.2, 0.25) is 5.02 Å². The van der Waals surface area contributed by atoms with Gasteiger partial charge in [-0.15, -0.1) is 0 Å². The number of piperidine rings is 1. The summed E-state index contributed by atoms with van der Waals surface area (Å²) in [4.78, 5) is 30.1. The third-order valence-corrected chi connectivity index (χ3v) is 6.82. The van der Waals surface area contributed by atoms with Crippen LogP contribution < -0.4 is 0 Å². The molecule has 5 heteroatoms. The molecule has 1 saturated heterocycles. The number of amides is 1. The molecular formula is C30H32ClNO3. The van der Waals surface area contributed by atoms with Gasteiger partial charge in [0.1, 0.15) is 5.60 Å². The molecule has 0 radical (unpaired) electrons. The molecule has 3 aromatic carbocycles. The van der Waals surface area contributed by atoms with Gasteiger partial charge in [-0.1, -0.05) is 90.5 Å². The highest BCUT2D eigenvalue weighted by molar-refractivity contribution is 6.31. The number of hydrogen-bond acceptors (Lipinski definition) is 3. The Morgan fingerprint density at radius 2 is 1.49 bits per heavy atom. The first-order valence-electron chi connectivity index (χ1n) is 12.1. The van der Waals surface area contributed by atoms with E-state index in [9.17, 15) is 9.59 Å². The molecule has 4 nitrogen and oxygen atoms in total. The number of esters is 1. The van der Waals surface area contributed by atoms with Crippen molar-refractivity contribution in [3.63, 3.8) is 0 Å². The van der Waals surface area contributed by atoms with Gasteiger partial charge < -0.3 is 9.64 Å². The minimum Gasteiger partial charge on any atom is -0.459 e. The molecule has 0 aromatic heterocycles. The fraction of sp³-hybridized carbons (Fsp3) is 0.333. The van der Waals surface area contributed by atoms with Crippen LogP contribution in [0.4, 0.5) is 0 Å². The maximum absolute atomic E-state index is 14.5. The van der Waals surface area contributed by atoms with Crippen LogP contribution in [0.3, 0.4) is 0 Å². The van der Waals surface area contributed by atoms with Crippen LogP contribution in [0.25, 0.3) is 0 Å². The first-order chi connectivity index (χ1) is 16.7. The third-order valence-electron chi connectivity index (χ3n) is 6.45.